The summed E-state index contributed by atoms with van der Waals surface area (Å²) < 4.78 is 0.890. The van der Waals surface area contributed by atoms with Crippen LogP contribution in [0.25, 0.3) is 0 Å². The van der Waals surface area contributed by atoms with Crippen LogP contribution in [0.4, 0.5) is 17.3 Å². The van der Waals surface area contributed by atoms with Gasteiger partial charge in [-0.3, -0.25) is 0 Å². The molecule has 0 amide bonds. The number of anilines is 3. The summed E-state index contributed by atoms with van der Waals surface area (Å²) in [6.07, 6.45) is 0. The van der Waals surface area contributed by atoms with Crippen molar-refractivity contribution < 1.29 is 0 Å². The van der Waals surface area contributed by atoms with Crippen molar-refractivity contribution in [2.45, 2.75) is 13.8 Å². The molecule has 1 aromatic carbocycles. The van der Waals surface area contributed by atoms with Gasteiger partial charge in [-0.2, -0.15) is 0 Å². The average molecular weight is 342 g/mol. The van der Waals surface area contributed by atoms with Gasteiger partial charge >= 0.3 is 0 Å². The van der Waals surface area contributed by atoms with Crippen molar-refractivity contribution in [1.29, 1.82) is 0 Å². The molecule has 0 fully saturated rings. The molecule has 0 saturated carbocycles. The lowest BCUT2D eigenvalue weighted by molar-refractivity contribution is 1.03. The lowest BCUT2D eigenvalue weighted by Gasteiger charge is -2.13. The highest BCUT2D eigenvalue weighted by Gasteiger charge is 2.09. The van der Waals surface area contributed by atoms with E-state index in [9.17, 15) is 0 Å². The molecule has 2 aromatic rings. The number of nitrogens with one attached hydrogen (secondary N) is 2. The van der Waals surface area contributed by atoms with E-state index >= 15 is 0 Å². The fraction of sp³-hybridized carbons (Fsp3) is 0.231. The number of nitrogens with zero attached hydrogens (tertiary/aromatic N) is 2. The molecule has 0 bridgehead atoms. The van der Waals surface area contributed by atoms with Crippen LogP contribution in [0, 0.1) is 13.8 Å². The van der Waals surface area contributed by atoms with Gasteiger partial charge in [-0.25, -0.2) is 9.97 Å². The van der Waals surface area contributed by atoms with Crippen molar-refractivity contribution in [2.24, 2.45) is 0 Å². The average Bonchev–Trinajstić information content (AvgIpc) is 2.36. The van der Waals surface area contributed by atoms with E-state index in [1.807, 2.05) is 39.1 Å². The third-order valence-corrected chi connectivity index (χ3v) is 3.57. The standard InChI is InChI=1S/C13H14BrClN4/c1-7-12(16-3)17-8(2)18-13(7)19-11-5-4-9(15)6-10(11)14/h4-6H,1-3H3,(H2,16,17,18,19). The van der Waals surface area contributed by atoms with Crippen molar-refractivity contribution in [1.82, 2.24) is 9.97 Å². The van der Waals surface area contributed by atoms with Crippen molar-refractivity contribution in [3.63, 3.8) is 0 Å². The van der Waals surface area contributed by atoms with Gasteiger partial charge in [0, 0.05) is 22.1 Å². The maximum atomic E-state index is 5.93. The lowest BCUT2D eigenvalue weighted by Crippen LogP contribution is -2.05. The molecule has 100 valence electrons. The predicted molar refractivity (Wildman–Crippen MR) is 83.5 cm³/mol. The Morgan fingerprint density at radius 1 is 1.16 bits per heavy atom. The summed E-state index contributed by atoms with van der Waals surface area (Å²) in [7, 11) is 1.84. The van der Waals surface area contributed by atoms with Crippen LogP contribution < -0.4 is 10.6 Å². The summed E-state index contributed by atoms with van der Waals surface area (Å²) >= 11 is 9.41. The van der Waals surface area contributed by atoms with E-state index in [0.717, 1.165) is 27.4 Å². The number of benzene rings is 1. The van der Waals surface area contributed by atoms with Gasteiger partial charge in [0.15, 0.2) is 0 Å². The zero-order valence-corrected chi connectivity index (χ0v) is 13.2. The zero-order chi connectivity index (χ0) is 14.0. The Kier molecular flexibility index (Phi) is 4.27. The minimum absolute atomic E-state index is 0.684. The minimum atomic E-state index is 0.684. The highest BCUT2D eigenvalue weighted by atomic mass is 79.9. The second-order valence-corrected chi connectivity index (χ2v) is 5.38. The van der Waals surface area contributed by atoms with Crippen molar-refractivity contribution in [3.8, 4) is 0 Å². The molecule has 0 aliphatic heterocycles. The molecule has 0 spiro atoms. The summed E-state index contributed by atoms with van der Waals surface area (Å²) in [6, 6.07) is 5.58. The number of aryl methyl sites for hydroxylation is 1. The Balaban J connectivity index is 2.40. The Bertz CT molecular complexity index is 616. The van der Waals surface area contributed by atoms with Gasteiger partial charge in [0.05, 0.1) is 5.69 Å². The molecule has 2 rings (SSSR count). The summed E-state index contributed by atoms with van der Waals surface area (Å²) in [5.74, 6) is 2.31. The molecular weight excluding hydrogens is 328 g/mol. The van der Waals surface area contributed by atoms with Crippen LogP contribution in [0.1, 0.15) is 11.4 Å². The van der Waals surface area contributed by atoms with Crippen LogP contribution in [-0.4, -0.2) is 17.0 Å². The first-order valence-corrected chi connectivity index (χ1v) is 6.93. The summed E-state index contributed by atoms with van der Waals surface area (Å²) in [5.41, 5.74) is 1.88. The highest BCUT2D eigenvalue weighted by Crippen LogP contribution is 2.30. The number of halogens is 2. The van der Waals surface area contributed by atoms with Crippen LogP contribution in [0.2, 0.25) is 5.02 Å². The first-order valence-electron chi connectivity index (χ1n) is 5.76. The van der Waals surface area contributed by atoms with E-state index < -0.39 is 0 Å². The topological polar surface area (TPSA) is 49.8 Å². The Morgan fingerprint density at radius 3 is 2.47 bits per heavy atom. The monoisotopic (exact) mass is 340 g/mol. The fourth-order valence-corrected chi connectivity index (χ4v) is 2.49. The van der Waals surface area contributed by atoms with Crippen LogP contribution >= 0.6 is 27.5 Å². The van der Waals surface area contributed by atoms with Crippen molar-refractivity contribution >= 4 is 44.9 Å². The molecule has 0 radical (unpaired) electrons. The van der Waals surface area contributed by atoms with Crippen LogP contribution in [0.5, 0.6) is 0 Å². The molecule has 0 aliphatic rings. The van der Waals surface area contributed by atoms with Gasteiger partial charge in [-0.1, -0.05) is 11.6 Å². The molecule has 1 heterocycles. The van der Waals surface area contributed by atoms with Gasteiger partial charge in [0.25, 0.3) is 0 Å². The quantitative estimate of drug-likeness (QED) is 0.874. The minimum Gasteiger partial charge on any atom is -0.373 e. The second-order valence-electron chi connectivity index (χ2n) is 4.09. The number of hydrogen-bond acceptors (Lipinski definition) is 4. The largest absolute Gasteiger partial charge is 0.373 e. The fourth-order valence-electron chi connectivity index (χ4n) is 1.71. The van der Waals surface area contributed by atoms with Crippen molar-refractivity contribution in [3.05, 3.63) is 39.1 Å². The summed E-state index contributed by atoms with van der Waals surface area (Å²) in [6.45, 7) is 3.83. The number of rotatable bonds is 3. The highest BCUT2D eigenvalue weighted by molar-refractivity contribution is 9.10. The first kappa shape index (κ1) is 14.1. The van der Waals surface area contributed by atoms with E-state index in [4.69, 9.17) is 11.6 Å². The molecule has 1 aromatic heterocycles. The first-order chi connectivity index (χ1) is 9.01. The molecule has 0 saturated heterocycles. The molecule has 4 nitrogen and oxygen atoms in total. The Morgan fingerprint density at radius 2 is 1.84 bits per heavy atom. The van der Waals surface area contributed by atoms with E-state index in [-0.39, 0.29) is 0 Å². The maximum absolute atomic E-state index is 5.93. The van der Waals surface area contributed by atoms with Gasteiger partial charge in [-0.05, 0) is 48.0 Å². The molecule has 0 aliphatic carbocycles. The number of hydrogen-bond donors (Lipinski definition) is 2. The molecule has 19 heavy (non-hydrogen) atoms. The van der Waals surface area contributed by atoms with Gasteiger partial charge in [0.1, 0.15) is 17.5 Å². The van der Waals surface area contributed by atoms with Gasteiger partial charge < -0.3 is 10.6 Å². The summed E-state index contributed by atoms with van der Waals surface area (Å²) in [4.78, 5) is 8.76. The van der Waals surface area contributed by atoms with E-state index in [2.05, 4.69) is 36.5 Å². The van der Waals surface area contributed by atoms with E-state index in [1.54, 1.807) is 0 Å². The third-order valence-electron chi connectivity index (χ3n) is 2.68. The van der Waals surface area contributed by atoms with Crippen LogP contribution in [0.15, 0.2) is 22.7 Å². The molecule has 0 unspecified atom stereocenters. The Labute approximate surface area is 125 Å². The van der Waals surface area contributed by atoms with Gasteiger partial charge in [-0.15, -0.1) is 0 Å². The van der Waals surface area contributed by atoms with Crippen molar-refractivity contribution in [2.75, 3.05) is 17.7 Å². The van der Waals surface area contributed by atoms with Crippen LogP contribution in [-0.2, 0) is 0 Å². The maximum Gasteiger partial charge on any atom is 0.139 e. The Hall–Kier alpha value is -1.33. The second kappa shape index (κ2) is 5.75. The van der Waals surface area contributed by atoms with Crippen LogP contribution in [0.3, 0.4) is 0 Å². The normalized spacial score (nSPS) is 10.4. The smallest absolute Gasteiger partial charge is 0.139 e. The van der Waals surface area contributed by atoms with E-state index in [1.165, 1.54) is 0 Å². The molecule has 0 atom stereocenters. The summed E-state index contributed by atoms with van der Waals surface area (Å²) in [5, 5.41) is 7.03. The molecule has 6 heteroatoms. The SMILES string of the molecule is CNc1nc(C)nc(Nc2ccc(Cl)cc2Br)c1C. The predicted octanol–water partition coefficient (Wildman–Crippen LogP) is 4.29. The lowest BCUT2D eigenvalue weighted by atomic mass is 10.2. The number of aromatic nitrogens is 2. The van der Waals surface area contributed by atoms with E-state index in [0.29, 0.717) is 10.8 Å². The third kappa shape index (κ3) is 3.16. The van der Waals surface area contributed by atoms with Gasteiger partial charge in [0.2, 0.25) is 0 Å². The zero-order valence-electron chi connectivity index (χ0n) is 10.9. The molecular formula is C13H14BrClN4. The molecule has 2 N–H and O–H groups in total.